The van der Waals surface area contributed by atoms with E-state index in [-0.39, 0.29) is 29.4 Å². The largest absolute Gasteiger partial charge is 0.393 e. The number of nitrogens with zero attached hydrogens (tertiary/aromatic N) is 1. The van der Waals surface area contributed by atoms with Crippen molar-refractivity contribution in [3.8, 4) is 0 Å². The Morgan fingerprint density at radius 1 is 1.28 bits per heavy atom. The monoisotopic (exact) mass is 338 g/mol. The first kappa shape index (κ1) is 16.5. The first-order valence-electron chi connectivity index (χ1n) is 9.39. The summed E-state index contributed by atoms with van der Waals surface area (Å²) in [6, 6.07) is 10.1. The molecule has 1 aromatic carbocycles. The normalized spacial score (nSPS) is 26.2. The number of benzene rings is 1. The molecule has 4 rings (SSSR count). The zero-order chi connectivity index (χ0) is 17.4. The Morgan fingerprint density at radius 2 is 2.00 bits per heavy atom. The molecule has 25 heavy (non-hydrogen) atoms. The molecule has 2 N–H and O–H groups in total. The Hall–Kier alpha value is -1.94. The van der Waals surface area contributed by atoms with Crippen LogP contribution in [0.1, 0.15) is 57.1 Å². The van der Waals surface area contributed by atoms with Crippen molar-refractivity contribution in [3.05, 3.63) is 42.1 Å². The molecule has 1 atom stereocenters. The van der Waals surface area contributed by atoms with Crippen molar-refractivity contribution in [2.45, 2.75) is 57.6 Å². The van der Waals surface area contributed by atoms with Gasteiger partial charge in [-0.3, -0.25) is 9.78 Å². The number of hydrogen-bond acceptors (Lipinski definition) is 3. The molecule has 0 unspecified atom stereocenters. The number of aliphatic hydroxyl groups excluding tert-OH is 1. The molecular weight excluding hydrogens is 312 g/mol. The van der Waals surface area contributed by atoms with E-state index in [4.69, 9.17) is 0 Å². The summed E-state index contributed by atoms with van der Waals surface area (Å²) < 4.78 is 0. The van der Waals surface area contributed by atoms with Gasteiger partial charge in [-0.15, -0.1) is 0 Å². The van der Waals surface area contributed by atoms with Crippen molar-refractivity contribution in [1.82, 2.24) is 10.3 Å². The molecule has 0 bridgehead atoms. The van der Waals surface area contributed by atoms with E-state index in [1.54, 1.807) is 0 Å². The fraction of sp³-hybridized carbons (Fsp3) is 0.524. The zero-order valence-electron chi connectivity index (χ0n) is 14.7. The van der Waals surface area contributed by atoms with Gasteiger partial charge in [0, 0.05) is 17.0 Å². The first-order valence-corrected chi connectivity index (χ1v) is 9.39. The SMILES string of the molecule is CC1(C(=O)N[C@@H](c2cnc3ccccc3c2)C2CC(O)C2)CCCC1. The van der Waals surface area contributed by atoms with E-state index in [1.807, 2.05) is 24.4 Å². The molecule has 2 saturated carbocycles. The van der Waals surface area contributed by atoms with E-state index in [0.29, 0.717) is 0 Å². The maximum absolute atomic E-state index is 12.9. The molecule has 0 aliphatic heterocycles. The Labute approximate surface area is 148 Å². The number of aromatic nitrogens is 1. The van der Waals surface area contributed by atoms with Crippen LogP contribution in [0.2, 0.25) is 0 Å². The molecule has 2 aliphatic rings. The fourth-order valence-electron chi connectivity index (χ4n) is 4.33. The molecule has 4 heteroatoms. The smallest absolute Gasteiger partial charge is 0.226 e. The Bertz CT molecular complexity index is 776. The molecule has 0 radical (unpaired) electrons. The molecule has 1 heterocycles. The summed E-state index contributed by atoms with van der Waals surface area (Å²) in [6.07, 6.45) is 7.34. The number of carbonyl (C=O) groups excluding carboxylic acids is 1. The maximum Gasteiger partial charge on any atom is 0.226 e. The molecule has 0 spiro atoms. The predicted octanol–water partition coefficient (Wildman–Crippen LogP) is 3.74. The van der Waals surface area contributed by atoms with Crippen molar-refractivity contribution < 1.29 is 9.90 Å². The van der Waals surface area contributed by atoms with E-state index < -0.39 is 0 Å². The summed E-state index contributed by atoms with van der Waals surface area (Å²) in [5, 5.41) is 14.2. The minimum atomic E-state index is -0.245. The summed E-state index contributed by atoms with van der Waals surface area (Å²) in [4.78, 5) is 17.5. The third-order valence-electron chi connectivity index (χ3n) is 6.13. The second-order valence-corrected chi connectivity index (χ2v) is 8.07. The fourth-order valence-corrected chi connectivity index (χ4v) is 4.33. The van der Waals surface area contributed by atoms with Crippen LogP contribution in [0.15, 0.2) is 36.5 Å². The second kappa shape index (κ2) is 6.41. The van der Waals surface area contributed by atoms with Crippen molar-refractivity contribution in [2.24, 2.45) is 11.3 Å². The number of rotatable bonds is 4. The molecule has 2 fully saturated rings. The lowest BCUT2D eigenvalue weighted by Gasteiger charge is -2.39. The van der Waals surface area contributed by atoms with Gasteiger partial charge in [0.15, 0.2) is 0 Å². The molecule has 4 nitrogen and oxygen atoms in total. The second-order valence-electron chi connectivity index (χ2n) is 8.07. The van der Waals surface area contributed by atoms with Crippen LogP contribution in [0.5, 0.6) is 0 Å². The van der Waals surface area contributed by atoms with Crippen molar-refractivity contribution in [3.63, 3.8) is 0 Å². The number of hydrogen-bond donors (Lipinski definition) is 2. The molecule has 1 aromatic heterocycles. The Kier molecular flexibility index (Phi) is 4.24. The lowest BCUT2D eigenvalue weighted by atomic mass is 9.74. The van der Waals surface area contributed by atoms with Gasteiger partial charge >= 0.3 is 0 Å². The van der Waals surface area contributed by atoms with Crippen LogP contribution in [0, 0.1) is 11.3 Å². The topological polar surface area (TPSA) is 62.2 Å². The summed E-state index contributed by atoms with van der Waals surface area (Å²) >= 11 is 0. The number of fused-ring (bicyclic) bond motifs is 1. The molecule has 2 aromatic rings. The van der Waals surface area contributed by atoms with E-state index in [2.05, 4.69) is 29.4 Å². The lowest BCUT2D eigenvalue weighted by Crippen LogP contribution is -2.45. The quantitative estimate of drug-likeness (QED) is 0.892. The van der Waals surface area contributed by atoms with Gasteiger partial charge in [0.25, 0.3) is 0 Å². The molecule has 1 amide bonds. The molecule has 0 saturated heterocycles. The summed E-state index contributed by atoms with van der Waals surface area (Å²) in [5.74, 6) is 0.441. The van der Waals surface area contributed by atoms with Crippen LogP contribution in [-0.4, -0.2) is 22.1 Å². The van der Waals surface area contributed by atoms with Gasteiger partial charge in [-0.2, -0.15) is 0 Å². The van der Waals surface area contributed by atoms with Crippen LogP contribution in [0.3, 0.4) is 0 Å². The standard InChI is InChI=1S/C21H26N2O2/c1-21(8-4-5-9-21)20(25)23-19(15-11-17(24)12-15)16-10-14-6-2-3-7-18(14)22-13-16/h2-3,6-7,10,13,15,17,19,24H,4-5,8-9,11-12H2,1H3,(H,23,25)/t15?,17?,19-/m1/s1. The van der Waals surface area contributed by atoms with Crippen molar-refractivity contribution in [1.29, 1.82) is 0 Å². The maximum atomic E-state index is 12.9. The first-order chi connectivity index (χ1) is 12.0. The minimum absolute atomic E-state index is 0.0644. The average Bonchev–Trinajstić information content (AvgIpc) is 3.04. The van der Waals surface area contributed by atoms with E-state index in [0.717, 1.165) is 55.0 Å². The van der Waals surface area contributed by atoms with Crippen LogP contribution in [0.25, 0.3) is 10.9 Å². The lowest BCUT2D eigenvalue weighted by molar-refractivity contribution is -0.132. The highest BCUT2D eigenvalue weighted by Crippen LogP contribution is 2.42. The van der Waals surface area contributed by atoms with Crippen LogP contribution >= 0.6 is 0 Å². The van der Waals surface area contributed by atoms with E-state index >= 15 is 0 Å². The Balaban J connectivity index is 1.62. The molecule has 2 aliphatic carbocycles. The molecule has 132 valence electrons. The van der Waals surface area contributed by atoms with Gasteiger partial charge in [0.2, 0.25) is 5.91 Å². The Morgan fingerprint density at radius 3 is 2.72 bits per heavy atom. The number of pyridine rings is 1. The minimum Gasteiger partial charge on any atom is -0.393 e. The number of carbonyl (C=O) groups is 1. The summed E-state index contributed by atoms with van der Waals surface area (Å²) in [5.41, 5.74) is 1.77. The zero-order valence-corrected chi connectivity index (χ0v) is 14.7. The highest BCUT2D eigenvalue weighted by atomic mass is 16.3. The van der Waals surface area contributed by atoms with Gasteiger partial charge in [-0.05, 0) is 49.3 Å². The van der Waals surface area contributed by atoms with Gasteiger partial charge in [-0.1, -0.05) is 38.0 Å². The highest BCUT2D eigenvalue weighted by molar-refractivity contribution is 5.83. The van der Waals surface area contributed by atoms with E-state index in [1.165, 1.54) is 0 Å². The van der Waals surface area contributed by atoms with Gasteiger partial charge in [0.1, 0.15) is 0 Å². The number of para-hydroxylation sites is 1. The van der Waals surface area contributed by atoms with Gasteiger partial charge in [-0.25, -0.2) is 0 Å². The third-order valence-corrected chi connectivity index (χ3v) is 6.13. The van der Waals surface area contributed by atoms with E-state index in [9.17, 15) is 9.90 Å². The molecular formula is C21H26N2O2. The third kappa shape index (κ3) is 3.15. The van der Waals surface area contributed by atoms with Crippen LogP contribution in [0.4, 0.5) is 0 Å². The number of nitrogens with one attached hydrogen (secondary N) is 1. The van der Waals surface area contributed by atoms with Crippen molar-refractivity contribution >= 4 is 16.8 Å². The average molecular weight is 338 g/mol. The highest BCUT2D eigenvalue weighted by Gasteiger charge is 2.41. The summed E-state index contributed by atoms with van der Waals surface area (Å²) in [6.45, 7) is 2.08. The van der Waals surface area contributed by atoms with Crippen LogP contribution in [-0.2, 0) is 4.79 Å². The van der Waals surface area contributed by atoms with Crippen LogP contribution < -0.4 is 5.32 Å². The number of amides is 1. The van der Waals surface area contributed by atoms with Crippen molar-refractivity contribution in [2.75, 3.05) is 0 Å². The van der Waals surface area contributed by atoms with Gasteiger partial charge in [0.05, 0.1) is 17.7 Å². The predicted molar refractivity (Wildman–Crippen MR) is 97.9 cm³/mol. The van der Waals surface area contributed by atoms with Gasteiger partial charge < -0.3 is 10.4 Å². The number of aliphatic hydroxyl groups is 1. The summed E-state index contributed by atoms with van der Waals surface area (Å²) in [7, 11) is 0.